The predicted octanol–water partition coefficient (Wildman–Crippen LogP) is 4.68. The Hall–Kier alpha value is -1.53. The van der Waals surface area contributed by atoms with Crippen LogP contribution in [0.15, 0.2) is 45.8 Å². The number of hydrogen-bond acceptors (Lipinski definition) is 4. The number of hydrogen-bond donors (Lipinski definition) is 0. The summed E-state index contributed by atoms with van der Waals surface area (Å²) in [5.74, 6) is 0.182. The first kappa shape index (κ1) is 16.8. The Balaban J connectivity index is 2.32. The number of methoxy groups -OCH3 is 2. The molecule has 116 valence electrons. The molecule has 2 aromatic carbocycles. The number of halogens is 2. The minimum atomic E-state index is -0.465. The molecule has 0 amide bonds. The summed E-state index contributed by atoms with van der Waals surface area (Å²) >= 11 is 4.79. The first-order chi connectivity index (χ1) is 10.6. The summed E-state index contributed by atoms with van der Waals surface area (Å²) in [6.45, 7) is 0. The van der Waals surface area contributed by atoms with Crippen LogP contribution in [0, 0.1) is 5.82 Å². The molecule has 22 heavy (non-hydrogen) atoms. The summed E-state index contributed by atoms with van der Waals surface area (Å²) in [6, 6.07) is 9.96. The molecule has 0 spiro atoms. The zero-order valence-electron chi connectivity index (χ0n) is 12.1. The van der Waals surface area contributed by atoms with Gasteiger partial charge in [-0.2, -0.15) is 0 Å². The second-order valence-electron chi connectivity index (χ2n) is 4.35. The summed E-state index contributed by atoms with van der Waals surface area (Å²) < 4.78 is 24.0. The zero-order valence-corrected chi connectivity index (χ0v) is 14.5. The van der Waals surface area contributed by atoms with E-state index in [4.69, 9.17) is 9.47 Å². The zero-order chi connectivity index (χ0) is 16.1. The van der Waals surface area contributed by atoms with Crippen LogP contribution in [0.25, 0.3) is 0 Å². The Morgan fingerprint density at radius 1 is 1.27 bits per heavy atom. The Kier molecular flexibility index (Phi) is 5.85. The number of carbonyl (C=O) groups is 1. The molecule has 0 fully saturated rings. The highest BCUT2D eigenvalue weighted by atomic mass is 79.9. The highest BCUT2D eigenvalue weighted by Crippen LogP contribution is 2.35. The van der Waals surface area contributed by atoms with Gasteiger partial charge in [0, 0.05) is 10.6 Å². The molecule has 0 radical (unpaired) electrons. The molecule has 3 nitrogen and oxygen atoms in total. The minimum Gasteiger partial charge on any atom is -0.495 e. The summed E-state index contributed by atoms with van der Waals surface area (Å²) in [7, 11) is 2.82. The third kappa shape index (κ3) is 3.81. The molecule has 0 saturated carbocycles. The van der Waals surface area contributed by atoms with Crippen LogP contribution in [-0.2, 0) is 10.5 Å². The van der Waals surface area contributed by atoms with E-state index in [9.17, 15) is 9.18 Å². The van der Waals surface area contributed by atoms with Crippen LogP contribution in [0.3, 0.4) is 0 Å². The number of ether oxygens (including phenoxy) is 2. The normalized spacial score (nSPS) is 10.4. The van der Waals surface area contributed by atoms with E-state index >= 15 is 0 Å². The number of benzene rings is 2. The highest BCUT2D eigenvalue weighted by molar-refractivity contribution is 9.10. The van der Waals surface area contributed by atoms with Crippen LogP contribution in [-0.4, -0.2) is 20.2 Å². The van der Waals surface area contributed by atoms with Gasteiger partial charge in [0.25, 0.3) is 0 Å². The van der Waals surface area contributed by atoms with Gasteiger partial charge in [-0.15, -0.1) is 11.8 Å². The van der Waals surface area contributed by atoms with Gasteiger partial charge in [0.05, 0.1) is 18.7 Å². The van der Waals surface area contributed by atoms with Crippen molar-refractivity contribution in [2.24, 2.45) is 0 Å². The first-order valence-electron chi connectivity index (χ1n) is 6.39. The lowest BCUT2D eigenvalue weighted by atomic mass is 10.1. The summed E-state index contributed by atoms with van der Waals surface area (Å²) in [5, 5.41) is 0. The quantitative estimate of drug-likeness (QED) is 0.553. The molecular formula is C16H14BrFO3S. The van der Waals surface area contributed by atoms with Crippen molar-refractivity contribution in [3.8, 4) is 5.75 Å². The van der Waals surface area contributed by atoms with Crippen LogP contribution in [0.5, 0.6) is 5.75 Å². The van der Waals surface area contributed by atoms with E-state index in [2.05, 4.69) is 15.9 Å². The smallest absolute Gasteiger partial charge is 0.342 e. The fraction of sp³-hybridized carbons (Fsp3) is 0.188. The van der Waals surface area contributed by atoms with E-state index in [0.29, 0.717) is 21.5 Å². The molecule has 0 aliphatic carbocycles. The lowest BCUT2D eigenvalue weighted by Gasteiger charge is -2.13. The number of carbonyl (C=O) groups excluding carboxylic acids is 1. The lowest BCUT2D eigenvalue weighted by Crippen LogP contribution is -2.08. The maximum absolute atomic E-state index is 13.2. The van der Waals surface area contributed by atoms with Crippen molar-refractivity contribution in [1.29, 1.82) is 0 Å². The monoisotopic (exact) mass is 384 g/mol. The SMILES string of the molecule is COC(=O)c1c(CSc2cccc(F)c2)ccc(Br)c1OC. The van der Waals surface area contributed by atoms with Gasteiger partial charge in [-0.25, -0.2) is 9.18 Å². The fourth-order valence-electron chi connectivity index (χ4n) is 1.96. The van der Waals surface area contributed by atoms with Gasteiger partial charge in [-0.3, -0.25) is 0 Å². The number of esters is 1. The first-order valence-corrected chi connectivity index (χ1v) is 8.16. The van der Waals surface area contributed by atoms with Crippen LogP contribution >= 0.6 is 27.7 Å². The molecule has 0 aliphatic heterocycles. The predicted molar refractivity (Wildman–Crippen MR) is 88.0 cm³/mol. The van der Waals surface area contributed by atoms with Gasteiger partial charge >= 0.3 is 5.97 Å². The average molecular weight is 385 g/mol. The number of rotatable bonds is 5. The summed E-state index contributed by atoms with van der Waals surface area (Å²) in [6.07, 6.45) is 0. The second kappa shape index (κ2) is 7.65. The Morgan fingerprint density at radius 2 is 2.05 bits per heavy atom. The molecule has 0 atom stereocenters. The molecule has 2 rings (SSSR count). The van der Waals surface area contributed by atoms with Crippen molar-refractivity contribution < 1.29 is 18.7 Å². The molecule has 0 N–H and O–H groups in total. The van der Waals surface area contributed by atoms with Crippen molar-refractivity contribution in [2.45, 2.75) is 10.6 Å². The van der Waals surface area contributed by atoms with Gasteiger partial charge in [0.2, 0.25) is 0 Å². The van der Waals surface area contributed by atoms with E-state index in [1.807, 2.05) is 18.2 Å². The van der Waals surface area contributed by atoms with Crippen LogP contribution in [0.4, 0.5) is 4.39 Å². The molecule has 0 saturated heterocycles. The van der Waals surface area contributed by atoms with Crippen molar-refractivity contribution >= 4 is 33.7 Å². The summed E-state index contributed by atoms with van der Waals surface area (Å²) in [5.41, 5.74) is 1.14. The van der Waals surface area contributed by atoms with E-state index in [0.717, 1.165) is 10.5 Å². The van der Waals surface area contributed by atoms with Gasteiger partial charge in [-0.1, -0.05) is 12.1 Å². The largest absolute Gasteiger partial charge is 0.495 e. The highest BCUT2D eigenvalue weighted by Gasteiger charge is 2.20. The van der Waals surface area contributed by atoms with E-state index < -0.39 is 5.97 Å². The lowest BCUT2D eigenvalue weighted by molar-refractivity contribution is 0.0596. The molecule has 0 heterocycles. The number of thioether (sulfide) groups is 1. The Bertz CT molecular complexity index is 691. The third-order valence-corrected chi connectivity index (χ3v) is 4.65. The van der Waals surface area contributed by atoms with Crippen molar-refractivity contribution in [2.75, 3.05) is 14.2 Å². The standard InChI is InChI=1S/C16H14BrFO3S/c1-20-15-13(17)7-6-10(14(15)16(19)21-2)9-22-12-5-3-4-11(18)8-12/h3-8H,9H2,1-2H3. The van der Waals surface area contributed by atoms with E-state index in [1.54, 1.807) is 6.07 Å². The van der Waals surface area contributed by atoms with Crippen LogP contribution < -0.4 is 4.74 Å². The van der Waals surface area contributed by atoms with E-state index in [1.165, 1.54) is 38.1 Å². The maximum Gasteiger partial charge on any atom is 0.342 e. The van der Waals surface area contributed by atoms with Crippen molar-refractivity contribution in [3.63, 3.8) is 0 Å². The molecule has 6 heteroatoms. The van der Waals surface area contributed by atoms with Crippen LogP contribution in [0.2, 0.25) is 0 Å². The summed E-state index contributed by atoms with van der Waals surface area (Å²) in [4.78, 5) is 12.8. The topological polar surface area (TPSA) is 35.5 Å². The molecule has 0 unspecified atom stereocenters. The second-order valence-corrected chi connectivity index (χ2v) is 6.26. The molecule has 2 aromatic rings. The fourth-order valence-corrected chi connectivity index (χ4v) is 3.39. The van der Waals surface area contributed by atoms with Crippen molar-refractivity contribution in [3.05, 3.63) is 57.8 Å². The van der Waals surface area contributed by atoms with Crippen LogP contribution in [0.1, 0.15) is 15.9 Å². The van der Waals surface area contributed by atoms with Gasteiger partial charge < -0.3 is 9.47 Å². The van der Waals surface area contributed by atoms with E-state index in [-0.39, 0.29) is 5.82 Å². The molecule has 0 aromatic heterocycles. The van der Waals surface area contributed by atoms with Gasteiger partial charge in [-0.05, 0) is 45.8 Å². The molecular weight excluding hydrogens is 371 g/mol. The van der Waals surface area contributed by atoms with Gasteiger partial charge in [0.15, 0.2) is 0 Å². The Labute approximate surface area is 140 Å². The minimum absolute atomic E-state index is 0.286. The third-order valence-electron chi connectivity index (χ3n) is 2.98. The Morgan fingerprint density at radius 3 is 2.68 bits per heavy atom. The van der Waals surface area contributed by atoms with Gasteiger partial charge in [0.1, 0.15) is 17.1 Å². The molecule has 0 aliphatic rings. The van der Waals surface area contributed by atoms with Crippen molar-refractivity contribution in [1.82, 2.24) is 0 Å². The maximum atomic E-state index is 13.2. The molecule has 0 bridgehead atoms. The average Bonchev–Trinajstić information content (AvgIpc) is 2.52.